The molecule has 9 nitrogen and oxygen atoms in total. The summed E-state index contributed by atoms with van der Waals surface area (Å²) in [6.45, 7) is -0.155. The van der Waals surface area contributed by atoms with Gasteiger partial charge in [-0.1, -0.05) is 0 Å². The zero-order valence-corrected chi connectivity index (χ0v) is 14.3. The van der Waals surface area contributed by atoms with Crippen molar-refractivity contribution < 1.29 is 24.2 Å². The molecule has 4 amide bonds. The number of carbonyl (C=O) groups excluding carboxylic acids is 3. The minimum atomic E-state index is -0.645. The summed E-state index contributed by atoms with van der Waals surface area (Å²) in [6, 6.07) is 1.94. The average Bonchev–Trinajstić information content (AvgIpc) is 2.90. The molecule has 4 N–H and O–H groups in total. The Labute approximate surface area is 150 Å². The zero-order chi connectivity index (χ0) is 18.7. The first-order valence-corrected chi connectivity index (χ1v) is 8.67. The van der Waals surface area contributed by atoms with Crippen LogP contribution >= 0.6 is 0 Å². The number of ether oxygens (including phenoxy) is 1. The fourth-order valence-electron chi connectivity index (χ4n) is 3.47. The van der Waals surface area contributed by atoms with Crippen molar-refractivity contribution in [3.63, 3.8) is 0 Å². The van der Waals surface area contributed by atoms with Crippen molar-refractivity contribution in [1.29, 1.82) is 0 Å². The number of nitrogens with one attached hydrogen (secondary N) is 1. The van der Waals surface area contributed by atoms with Gasteiger partial charge in [-0.3, -0.25) is 14.5 Å². The first kappa shape index (κ1) is 18.1. The van der Waals surface area contributed by atoms with Gasteiger partial charge in [0.2, 0.25) is 5.88 Å². The molecule has 1 aliphatic heterocycles. The molecule has 1 atom stereocenters. The number of carbonyl (C=O) groups is 3. The van der Waals surface area contributed by atoms with Crippen LogP contribution in [0.25, 0.3) is 0 Å². The van der Waals surface area contributed by atoms with Gasteiger partial charge >= 0.3 is 6.03 Å². The Morgan fingerprint density at radius 1 is 1.35 bits per heavy atom. The number of aliphatic hydroxyl groups excluding tert-OH is 1. The van der Waals surface area contributed by atoms with Crippen molar-refractivity contribution in [1.82, 2.24) is 15.2 Å². The molecule has 0 aromatic carbocycles. The second-order valence-corrected chi connectivity index (χ2v) is 6.49. The Morgan fingerprint density at radius 3 is 2.73 bits per heavy atom. The van der Waals surface area contributed by atoms with Gasteiger partial charge in [-0.05, 0) is 44.2 Å². The molecule has 2 aliphatic rings. The summed E-state index contributed by atoms with van der Waals surface area (Å²) in [6.07, 6.45) is 4.05. The summed E-state index contributed by atoms with van der Waals surface area (Å²) in [4.78, 5) is 41.2. The maximum Gasteiger partial charge on any atom is 0.325 e. The van der Waals surface area contributed by atoms with Crippen LogP contribution in [0.2, 0.25) is 0 Å². The van der Waals surface area contributed by atoms with E-state index in [0.717, 1.165) is 0 Å². The smallest absolute Gasteiger partial charge is 0.325 e. The Kier molecular flexibility index (Phi) is 5.36. The number of aromatic nitrogens is 1. The van der Waals surface area contributed by atoms with E-state index in [0.29, 0.717) is 25.7 Å². The summed E-state index contributed by atoms with van der Waals surface area (Å²) in [5.41, 5.74) is 5.56. The maximum atomic E-state index is 12.3. The first-order valence-electron chi connectivity index (χ1n) is 8.67. The number of urea groups is 1. The highest BCUT2D eigenvalue weighted by atomic mass is 16.5. The van der Waals surface area contributed by atoms with E-state index in [9.17, 15) is 14.4 Å². The summed E-state index contributed by atoms with van der Waals surface area (Å²) in [7, 11) is 0. The molecular formula is C17H22N4O5. The molecule has 1 aliphatic carbocycles. The maximum absolute atomic E-state index is 12.3. The third-order valence-electron chi connectivity index (χ3n) is 4.79. The van der Waals surface area contributed by atoms with Crippen molar-refractivity contribution in [2.24, 2.45) is 5.73 Å². The number of aliphatic hydroxyl groups is 1. The predicted molar refractivity (Wildman–Crippen MR) is 90.3 cm³/mol. The number of imide groups is 1. The van der Waals surface area contributed by atoms with E-state index < -0.39 is 18.0 Å². The van der Waals surface area contributed by atoms with Gasteiger partial charge in [0.1, 0.15) is 17.7 Å². The van der Waals surface area contributed by atoms with Crippen molar-refractivity contribution in [3.8, 4) is 5.88 Å². The molecule has 2 heterocycles. The van der Waals surface area contributed by atoms with Gasteiger partial charge in [0.15, 0.2) is 0 Å². The van der Waals surface area contributed by atoms with Crippen LogP contribution in [0, 0.1) is 0 Å². The highest BCUT2D eigenvalue weighted by molar-refractivity contribution is 6.04. The van der Waals surface area contributed by atoms with E-state index in [-0.39, 0.29) is 42.5 Å². The lowest BCUT2D eigenvalue weighted by molar-refractivity contribution is -0.130. The molecule has 0 bridgehead atoms. The molecule has 1 aromatic heterocycles. The number of nitrogens with zero attached hydrogens (tertiary/aromatic N) is 2. The molecule has 3 rings (SSSR count). The molecule has 140 valence electrons. The zero-order valence-electron chi connectivity index (χ0n) is 14.3. The number of hydrogen-bond donors (Lipinski definition) is 3. The van der Waals surface area contributed by atoms with Gasteiger partial charge in [0.25, 0.3) is 11.8 Å². The Bertz CT molecular complexity index is 702. The standard InChI is InChI=1S/C17H22N4O5/c18-14(23)12-2-1-8-19-15(12)26-11-5-3-10(4-6-11)21-16(24)13(7-9-22)20-17(21)25/h1-2,8,10-11,13,22H,3-7,9H2,(H2,18,23)(H,20,25). The molecule has 0 spiro atoms. The third-order valence-corrected chi connectivity index (χ3v) is 4.79. The fourth-order valence-corrected chi connectivity index (χ4v) is 3.47. The Hall–Kier alpha value is -2.68. The molecule has 1 saturated carbocycles. The summed E-state index contributed by atoms with van der Waals surface area (Å²) < 4.78 is 5.82. The van der Waals surface area contributed by atoms with E-state index in [1.165, 1.54) is 11.1 Å². The van der Waals surface area contributed by atoms with Crippen LogP contribution < -0.4 is 15.8 Å². The topological polar surface area (TPSA) is 135 Å². The molecule has 1 aromatic rings. The predicted octanol–water partition coefficient (Wildman–Crippen LogP) is 0.173. The lowest BCUT2D eigenvalue weighted by Gasteiger charge is -2.33. The normalized spacial score (nSPS) is 25.9. The van der Waals surface area contributed by atoms with Crippen molar-refractivity contribution in [3.05, 3.63) is 23.9 Å². The molecule has 26 heavy (non-hydrogen) atoms. The van der Waals surface area contributed by atoms with Crippen molar-refractivity contribution >= 4 is 17.8 Å². The largest absolute Gasteiger partial charge is 0.474 e. The molecule has 0 radical (unpaired) electrons. The van der Waals surface area contributed by atoms with Crippen LogP contribution in [-0.2, 0) is 4.79 Å². The Balaban J connectivity index is 1.59. The second kappa shape index (κ2) is 7.69. The lowest BCUT2D eigenvalue weighted by atomic mass is 9.91. The Morgan fingerprint density at radius 2 is 2.08 bits per heavy atom. The number of pyridine rings is 1. The van der Waals surface area contributed by atoms with Gasteiger partial charge in [0, 0.05) is 18.8 Å². The van der Waals surface area contributed by atoms with Crippen molar-refractivity contribution in [2.45, 2.75) is 50.3 Å². The van der Waals surface area contributed by atoms with Gasteiger partial charge in [-0.15, -0.1) is 0 Å². The minimum absolute atomic E-state index is 0.155. The van der Waals surface area contributed by atoms with Crippen LogP contribution in [0.3, 0.4) is 0 Å². The quantitative estimate of drug-likeness (QED) is 0.618. The van der Waals surface area contributed by atoms with Crippen LogP contribution in [0.5, 0.6) is 5.88 Å². The van der Waals surface area contributed by atoms with Gasteiger partial charge in [0.05, 0.1) is 0 Å². The highest BCUT2D eigenvalue weighted by Crippen LogP contribution is 2.29. The SMILES string of the molecule is NC(=O)c1cccnc1OC1CCC(N2C(=O)NC(CCO)C2=O)CC1. The van der Waals surface area contributed by atoms with E-state index in [1.54, 1.807) is 12.1 Å². The van der Waals surface area contributed by atoms with E-state index in [4.69, 9.17) is 15.6 Å². The average molecular weight is 362 g/mol. The van der Waals surface area contributed by atoms with Gasteiger partial charge < -0.3 is 20.9 Å². The summed E-state index contributed by atoms with van der Waals surface area (Å²) >= 11 is 0. The second-order valence-electron chi connectivity index (χ2n) is 6.49. The van der Waals surface area contributed by atoms with E-state index >= 15 is 0 Å². The number of hydrogen-bond acceptors (Lipinski definition) is 6. The highest BCUT2D eigenvalue weighted by Gasteiger charge is 2.42. The third kappa shape index (κ3) is 3.62. The lowest BCUT2D eigenvalue weighted by Crippen LogP contribution is -2.44. The van der Waals surface area contributed by atoms with Crippen LogP contribution in [0.4, 0.5) is 4.79 Å². The van der Waals surface area contributed by atoms with Gasteiger partial charge in [-0.2, -0.15) is 0 Å². The first-order chi connectivity index (χ1) is 12.5. The molecule has 2 fully saturated rings. The number of rotatable bonds is 6. The van der Waals surface area contributed by atoms with Crippen LogP contribution in [0.1, 0.15) is 42.5 Å². The van der Waals surface area contributed by atoms with Crippen LogP contribution in [-0.4, -0.2) is 57.6 Å². The van der Waals surface area contributed by atoms with Crippen molar-refractivity contribution in [2.75, 3.05) is 6.61 Å². The minimum Gasteiger partial charge on any atom is -0.474 e. The fraction of sp³-hybridized carbons (Fsp3) is 0.529. The molecule has 1 saturated heterocycles. The van der Waals surface area contributed by atoms with E-state index in [1.807, 2.05) is 0 Å². The van der Waals surface area contributed by atoms with E-state index in [2.05, 4.69) is 10.3 Å². The molecular weight excluding hydrogens is 340 g/mol. The van der Waals surface area contributed by atoms with Crippen LogP contribution in [0.15, 0.2) is 18.3 Å². The number of nitrogens with two attached hydrogens (primary N) is 1. The van der Waals surface area contributed by atoms with Gasteiger partial charge in [-0.25, -0.2) is 9.78 Å². The number of primary amides is 1. The molecule has 1 unspecified atom stereocenters. The number of amides is 4. The molecule has 9 heteroatoms. The summed E-state index contributed by atoms with van der Waals surface area (Å²) in [5, 5.41) is 11.6. The summed E-state index contributed by atoms with van der Waals surface area (Å²) in [5.74, 6) is -0.674. The monoisotopic (exact) mass is 362 g/mol.